The first-order chi connectivity index (χ1) is 25.5. The highest BCUT2D eigenvalue weighted by Gasteiger charge is 2.56. The van der Waals surface area contributed by atoms with E-state index in [2.05, 4.69) is 35.1 Å². The summed E-state index contributed by atoms with van der Waals surface area (Å²) in [5.41, 5.74) is -2.78. The lowest BCUT2D eigenvalue weighted by molar-refractivity contribution is -0.146. The SMILES string of the molecule is CC1CC2CC(C1)C(NC(=O)c1ccc(-c3cn(-c4ccncn4)c4cc(OC5CCN(c6ncccn6)CC5)ccc34)nc1C(F)(F)F)(C(=O)O)C2. The van der Waals surface area contributed by atoms with Gasteiger partial charge in [-0.3, -0.25) is 4.79 Å². The molecule has 0 radical (unpaired) electrons. The molecule has 274 valence electrons. The molecule has 1 aliphatic heterocycles. The standard InChI is InChI=1S/C38H37F3N8O4/c1-22-15-23-17-24(16-22)37(19-23,35(51)52)47-34(50)28-5-6-30(46-33(28)38(39,40)41)29-20-49(32-7-12-42-21-45-32)31-18-26(3-4-27(29)31)53-25-8-13-48(14-9-25)36-43-10-2-11-44-36/h2-7,10-12,18,20-25H,8-9,13-17,19H2,1H3,(H,47,50)(H,51,52). The second kappa shape index (κ2) is 13.4. The van der Waals surface area contributed by atoms with Crippen LogP contribution in [0, 0.1) is 17.8 Å². The number of ether oxygens (including phenoxy) is 1. The lowest BCUT2D eigenvalue weighted by Gasteiger charge is -2.33. The van der Waals surface area contributed by atoms with Gasteiger partial charge in [-0.1, -0.05) is 6.92 Å². The Hall–Kier alpha value is -5.60. The number of amides is 1. The number of hydrogen-bond donors (Lipinski definition) is 2. The number of nitrogens with one attached hydrogen (secondary N) is 1. The Kier molecular flexibility index (Phi) is 8.74. The van der Waals surface area contributed by atoms with Crippen LogP contribution in [0.2, 0.25) is 0 Å². The Bertz CT molecular complexity index is 2160. The van der Waals surface area contributed by atoms with Crippen molar-refractivity contribution >= 4 is 28.7 Å². The maximum absolute atomic E-state index is 14.7. The molecule has 1 aromatic carbocycles. The summed E-state index contributed by atoms with van der Waals surface area (Å²) in [6.45, 7) is 3.47. The molecule has 1 saturated heterocycles. The van der Waals surface area contributed by atoms with Crippen molar-refractivity contribution in [2.75, 3.05) is 18.0 Å². The minimum Gasteiger partial charge on any atom is -0.490 e. The number of carboxylic acids is 1. The number of hydrogen-bond acceptors (Lipinski definition) is 9. The number of aliphatic carboxylic acids is 1. The monoisotopic (exact) mass is 726 g/mol. The van der Waals surface area contributed by atoms with Crippen LogP contribution in [-0.4, -0.2) is 71.2 Å². The molecule has 5 heterocycles. The van der Waals surface area contributed by atoms with Gasteiger partial charge < -0.3 is 24.6 Å². The number of anilines is 1. The smallest absolute Gasteiger partial charge is 0.434 e. The minimum atomic E-state index is -5.01. The topological polar surface area (TPSA) is 148 Å². The average molecular weight is 727 g/mol. The Morgan fingerprint density at radius 1 is 1.00 bits per heavy atom. The van der Waals surface area contributed by atoms with Gasteiger partial charge in [-0.05, 0) is 79.8 Å². The van der Waals surface area contributed by atoms with Gasteiger partial charge in [0, 0.05) is 67.7 Å². The molecular formula is C38H37F3N8O4. The molecule has 4 atom stereocenters. The lowest BCUT2D eigenvalue weighted by atomic mass is 9.78. The molecule has 4 aromatic heterocycles. The van der Waals surface area contributed by atoms with Crippen LogP contribution in [0.1, 0.15) is 61.5 Å². The molecule has 4 unspecified atom stereocenters. The fourth-order valence-electron chi connectivity index (χ4n) is 8.60. The number of aromatic nitrogens is 6. The first kappa shape index (κ1) is 34.5. The van der Waals surface area contributed by atoms with E-state index in [1.54, 1.807) is 53.6 Å². The summed E-state index contributed by atoms with van der Waals surface area (Å²) in [4.78, 5) is 49.5. The molecule has 3 aliphatic rings. The second-order valence-corrected chi connectivity index (χ2v) is 14.4. The van der Waals surface area contributed by atoms with Crippen LogP contribution in [-0.2, 0) is 11.0 Å². The zero-order chi connectivity index (χ0) is 36.9. The number of rotatable bonds is 8. The highest BCUT2D eigenvalue weighted by molar-refractivity contribution is 6.01. The van der Waals surface area contributed by atoms with Crippen LogP contribution in [0.5, 0.6) is 5.75 Å². The Labute approximate surface area is 302 Å². The fourth-order valence-corrected chi connectivity index (χ4v) is 8.60. The van der Waals surface area contributed by atoms with Gasteiger partial charge in [0.2, 0.25) is 5.95 Å². The Morgan fingerprint density at radius 2 is 1.79 bits per heavy atom. The van der Waals surface area contributed by atoms with E-state index in [9.17, 15) is 27.9 Å². The summed E-state index contributed by atoms with van der Waals surface area (Å²) in [6, 6.07) is 11.3. The van der Waals surface area contributed by atoms with Crippen LogP contribution in [0.3, 0.4) is 0 Å². The van der Waals surface area contributed by atoms with Gasteiger partial charge in [0.1, 0.15) is 29.5 Å². The normalized spacial score (nSPS) is 23.2. The minimum absolute atomic E-state index is 0.0191. The van der Waals surface area contributed by atoms with Crippen LogP contribution >= 0.6 is 0 Å². The number of alkyl halides is 3. The maximum Gasteiger partial charge on any atom is 0.434 e. The summed E-state index contributed by atoms with van der Waals surface area (Å²) in [5.74, 6) is -0.600. The van der Waals surface area contributed by atoms with E-state index in [-0.39, 0.29) is 36.0 Å². The maximum atomic E-state index is 14.7. The Balaban J connectivity index is 1.11. The molecule has 2 saturated carbocycles. The third kappa shape index (κ3) is 6.52. The van der Waals surface area contributed by atoms with Crippen molar-refractivity contribution in [1.82, 2.24) is 34.8 Å². The van der Waals surface area contributed by atoms with Crippen molar-refractivity contribution < 1.29 is 32.6 Å². The summed E-state index contributed by atoms with van der Waals surface area (Å²) < 4.78 is 52.3. The lowest BCUT2D eigenvalue weighted by Crippen LogP contribution is -2.57. The van der Waals surface area contributed by atoms with Gasteiger partial charge in [-0.2, -0.15) is 13.2 Å². The van der Waals surface area contributed by atoms with Gasteiger partial charge in [0.05, 0.1) is 16.8 Å². The number of carbonyl (C=O) groups excluding carboxylic acids is 1. The summed E-state index contributed by atoms with van der Waals surface area (Å²) >= 11 is 0. The molecule has 3 fully saturated rings. The molecule has 1 amide bonds. The van der Waals surface area contributed by atoms with E-state index in [1.807, 2.05) is 13.0 Å². The van der Waals surface area contributed by atoms with E-state index in [1.165, 1.54) is 12.4 Å². The number of carboxylic acid groups (broad SMARTS) is 1. The van der Waals surface area contributed by atoms with Crippen molar-refractivity contribution in [1.29, 1.82) is 0 Å². The predicted octanol–water partition coefficient (Wildman–Crippen LogP) is 6.35. The van der Waals surface area contributed by atoms with Gasteiger partial charge in [-0.25, -0.2) is 29.7 Å². The van der Waals surface area contributed by atoms with Crippen LogP contribution in [0.15, 0.2) is 73.6 Å². The first-order valence-electron chi connectivity index (χ1n) is 17.7. The van der Waals surface area contributed by atoms with E-state index in [4.69, 9.17) is 4.74 Å². The van der Waals surface area contributed by atoms with E-state index in [0.717, 1.165) is 38.4 Å². The number of nitrogens with zero attached hydrogens (tertiary/aromatic N) is 7. The number of halogens is 3. The molecule has 8 rings (SSSR count). The van der Waals surface area contributed by atoms with Crippen molar-refractivity contribution in [3.63, 3.8) is 0 Å². The third-order valence-corrected chi connectivity index (χ3v) is 10.9. The number of benzene rings is 1. The van der Waals surface area contributed by atoms with Gasteiger partial charge in [-0.15, -0.1) is 0 Å². The quantitative estimate of drug-likeness (QED) is 0.185. The zero-order valence-electron chi connectivity index (χ0n) is 28.8. The fraction of sp³-hybridized carbons (Fsp3) is 0.395. The highest BCUT2D eigenvalue weighted by Crippen LogP contribution is 2.51. The van der Waals surface area contributed by atoms with Crippen LogP contribution < -0.4 is 15.0 Å². The number of piperidine rings is 1. The van der Waals surface area contributed by atoms with Crippen molar-refractivity contribution in [3.05, 3.63) is 84.8 Å². The first-order valence-corrected chi connectivity index (χ1v) is 17.7. The molecule has 0 spiro atoms. The second-order valence-electron chi connectivity index (χ2n) is 14.4. The molecule has 12 nitrogen and oxygen atoms in total. The van der Waals surface area contributed by atoms with E-state index in [0.29, 0.717) is 46.8 Å². The van der Waals surface area contributed by atoms with E-state index >= 15 is 0 Å². The molecule has 2 bridgehead atoms. The van der Waals surface area contributed by atoms with Gasteiger partial charge in [0.15, 0.2) is 5.69 Å². The molecule has 5 aromatic rings. The predicted molar refractivity (Wildman–Crippen MR) is 187 cm³/mol. The average Bonchev–Trinajstić information content (AvgIpc) is 3.66. The molecule has 2 aliphatic carbocycles. The molecule has 2 N–H and O–H groups in total. The summed E-state index contributed by atoms with van der Waals surface area (Å²) in [5, 5.41) is 13.4. The van der Waals surface area contributed by atoms with Gasteiger partial charge >= 0.3 is 12.1 Å². The van der Waals surface area contributed by atoms with Crippen molar-refractivity contribution in [2.45, 2.75) is 63.3 Å². The van der Waals surface area contributed by atoms with Crippen LogP contribution in [0.4, 0.5) is 19.1 Å². The number of pyridine rings is 1. The molecule has 53 heavy (non-hydrogen) atoms. The largest absolute Gasteiger partial charge is 0.490 e. The number of carbonyl (C=O) groups is 2. The third-order valence-electron chi connectivity index (χ3n) is 10.9. The van der Waals surface area contributed by atoms with E-state index < -0.39 is 34.8 Å². The molecule has 15 heteroatoms. The Morgan fingerprint density at radius 3 is 2.51 bits per heavy atom. The van der Waals surface area contributed by atoms with Crippen molar-refractivity contribution in [3.8, 4) is 22.8 Å². The summed E-state index contributed by atoms with van der Waals surface area (Å²) in [6.07, 6.45) is 6.63. The van der Waals surface area contributed by atoms with Crippen molar-refractivity contribution in [2.24, 2.45) is 17.8 Å². The highest BCUT2D eigenvalue weighted by atomic mass is 19.4. The van der Waals surface area contributed by atoms with Gasteiger partial charge in [0.25, 0.3) is 5.91 Å². The molecular weight excluding hydrogens is 689 g/mol. The van der Waals surface area contributed by atoms with Crippen LogP contribution in [0.25, 0.3) is 28.0 Å². The number of fused-ring (bicyclic) bond motifs is 3. The zero-order valence-corrected chi connectivity index (χ0v) is 28.8. The summed E-state index contributed by atoms with van der Waals surface area (Å²) in [7, 11) is 0.